The summed E-state index contributed by atoms with van der Waals surface area (Å²) in [7, 11) is 2.01. The van der Waals surface area contributed by atoms with E-state index in [1.54, 1.807) is 0 Å². The van der Waals surface area contributed by atoms with Crippen molar-refractivity contribution in [3.05, 3.63) is 54.1 Å². The van der Waals surface area contributed by atoms with Gasteiger partial charge in [-0.15, -0.1) is 0 Å². The van der Waals surface area contributed by atoms with Gasteiger partial charge in [-0.2, -0.15) is 0 Å². The number of hydrogen-bond acceptors (Lipinski definition) is 2. The van der Waals surface area contributed by atoms with Crippen molar-refractivity contribution in [2.45, 2.75) is 18.5 Å². The van der Waals surface area contributed by atoms with Gasteiger partial charge in [-0.25, -0.2) is 9.55 Å². The highest BCUT2D eigenvalue weighted by molar-refractivity contribution is 7.99. The molecule has 2 N–H and O–H groups in total. The number of benzene rings is 2. The topological polar surface area (TPSA) is 48.8 Å². The van der Waals surface area contributed by atoms with Crippen LogP contribution in [0.15, 0.2) is 53.7 Å². The molecule has 0 fully saturated rings. The van der Waals surface area contributed by atoms with Crippen molar-refractivity contribution in [1.82, 2.24) is 4.98 Å². The Bertz CT molecular complexity index is 841. The maximum atomic E-state index is 12.2. The minimum absolute atomic E-state index is 0.00885. The minimum atomic E-state index is 0.00885. The summed E-state index contributed by atoms with van der Waals surface area (Å²) >= 11 is 1.51. The molecule has 118 valence electrons. The van der Waals surface area contributed by atoms with Crippen molar-refractivity contribution in [2.24, 2.45) is 7.05 Å². The molecular weight excluding hydrogens is 306 g/mol. The number of carbonyl (C=O) groups excluding carboxylic acids is 1. The van der Waals surface area contributed by atoms with Crippen molar-refractivity contribution in [3.8, 4) is 0 Å². The van der Waals surface area contributed by atoms with Gasteiger partial charge in [0.15, 0.2) is 11.0 Å². The van der Waals surface area contributed by atoms with E-state index in [1.807, 2.05) is 49.5 Å². The van der Waals surface area contributed by atoms with Crippen LogP contribution in [0, 0.1) is 0 Å². The van der Waals surface area contributed by atoms with E-state index in [0.29, 0.717) is 5.75 Å². The fraction of sp³-hybridized carbons (Fsp3) is 0.222. The fourth-order valence-electron chi connectivity index (χ4n) is 2.58. The smallest absolute Gasteiger partial charge is 0.317 e. The van der Waals surface area contributed by atoms with Gasteiger partial charge in [0.25, 0.3) is 0 Å². The molecule has 5 heteroatoms. The number of aromatic amines is 1. The first-order chi connectivity index (χ1) is 11.2. The molecule has 3 aromatic rings. The zero-order valence-corrected chi connectivity index (χ0v) is 14.1. The molecule has 0 radical (unpaired) electrons. The molecule has 0 aliphatic carbocycles. The lowest BCUT2D eigenvalue weighted by Crippen LogP contribution is -2.29. The number of amides is 1. The third kappa shape index (κ3) is 3.40. The number of hydrogen-bond donors (Lipinski definition) is 2. The van der Waals surface area contributed by atoms with E-state index in [0.717, 1.165) is 33.9 Å². The van der Waals surface area contributed by atoms with Crippen LogP contribution in [0.1, 0.15) is 12.5 Å². The summed E-state index contributed by atoms with van der Waals surface area (Å²) in [6.07, 6.45) is 0.903. The van der Waals surface area contributed by atoms with Crippen molar-refractivity contribution in [2.75, 3.05) is 11.1 Å². The van der Waals surface area contributed by atoms with Gasteiger partial charge in [0.05, 0.1) is 12.8 Å². The summed E-state index contributed by atoms with van der Waals surface area (Å²) in [5.41, 5.74) is 4.27. The molecule has 0 aliphatic heterocycles. The number of thioether (sulfide) groups is 1. The standard InChI is InChI=1S/C18H19N3OS/c1-3-13-8-4-5-9-14(13)19-17(22)12-23-18-20-15-10-6-7-11-16(15)21(18)2/h4-11H,3,12H2,1-2H3,(H,19,22)/p+1. The molecule has 2 aromatic carbocycles. The molecular formula is C18H20N3OS+. The van der Waals surface area contributed by atoms with E-state index < -0.39 is 0 Å². The molecule has 1 heterocycles. The second-order valence-corrected chi connectivity index (χ2v) is 6.32. The molecule has 0 saturated heterocycles. The van der Waals surface area contributed by atoms with E-state index in [4.69, 9.17) is 0 Å². The number of H-pyrrole nitrogens is 1. The zero-order chi connectivity index (χ0) is 16.2. The lowest BCUT2D eigenvalue weighted by Gasteiger charge is -2.08. The fourth-order valence-corrected chi connectivity index (χ4v) is 3.40. The van der Waals surface area contributed by atoms with Gasteiger partial charge in [-0.3, -0.25) is 4.79 Å². The Hall–Kier alpha value is -2.27. The molecule has 0 aliphatic rings. The normalized spacial score (nSPS) is 10.9. The zero-order valence-electron chi connectivity index (χ0n) is 13.3. The van der Waals surface area contributed by atoms with Crippen molar-refractivity contribution in [1.29, 1.82) is 0 Å². The quantitative estimate of drug-likeness (QED) is 0.558. The second-order valence-electron chi connectivity index (χ2n) is 5.35. The number of carbonyl (C=O) groups is 1. The maximum absolute atomic E-state index is 12.2. The highest BCUT2D eigenvalue weighted by atomic mass is 32.2. The summed E-state index contributed by atoms with van der Waals surface area (Å²) in [5.74, 6) is 0.383. The second kappa shape index (κ2) is 6.87. The summed E-state index contributed by atoms with van der Waals surface area (Å²) in [5, 5.41) is 3.98. The van der Waals surface area contributed by atoms with Gasteiger partial charge in [-0.05, 0) is 41.9 Å². The van der Waals surface area contributed by atoms with Crippen LogP contribution in [-0.2, 0) is 18.3 Å². The van der Waals surface area contributed by atoms with Gasteiger partial charge in [0.1, 0.15) is 0 Å². The van der Waals surface area contributed by atoms with Crippen molar-refractivity contribution < 1.29 is 9.36 Å². The molecule has 3 rings (SSSR count). The Balaban J connectivity index is 1.67. The maximum Gasteiger partial charge on any atom is 0.317 e. The van der Waals surface area contributed by atoms with Gasteiger partial charge < -0.3 is 5.32 Å². The molecule has 0 spiro atoms. The first kappa shape index (κ1) is 15.6. The number of anilines is 1. The molecule has 0 saturated carbocycles. The average molecular weight is 326 g/mol. The SMILES string of the molecule is CCc1ccccc1NC(=O)CSc1[nH]c2ccccc2[n+]1C. The predicted octanol–water partition coefficient (Wildman–Crippen LogP) is 3.29. The van der Waals surface area contributed by atoms with E-state index in [2.05, 4.69) is 27.9 Å². The first-order valence-corrected chi connectivity index (χ1v) is 8.65. The van der Waals surface area contributed by atoms with Crippen LogP contribution in [0.2, 0.25) is 0 Å². The minimum Gasteiger partial charge on any atom is -0.325 e. The van der Waals surface area contributed by atoms with Gasteiger partial charge >= 0.3 is 5.16 Å². The number of para-hydroxylation sites is 3. The highest BCUT2D eigenvalue weighted by Crippen LogP contribution is 2.19. The van der Waals surface area contributed by atoms with E-state index in [1.165, 1.54) is 11.8 Å². The lowest BCUT2D eigenvalue weighted by atomic mass is 10.1. The Morgan fingerprint density at radius 3 is 2.70 bits per heavy atom. The molecule has 0 unspecified atom stereocenters. The summed E-state index contributed by atoms with van der Waals surface area (Å²) in [4.78, 5) is 15.6. The van der Waals surface area contributed by atoms with Crippen LogP contribution < -0.4 is 9.88 Å². The third-order valence-corrected chi connectivity index (χ3v) is 4.88. The molecule has 1 amide bonds. The average Bonchev–Trinajstić information content (AvgIpc) is 2.90. The van der Waals surface area contributed by atoms with Crippen LogP contribution in [0.4, 0.5) is 5.69 Å². The molecule has 0 bridgehead atoms. The number of aryl methyl sites for hydroxylation is 2. The monoisotopic (exact) mass is 326 g/mol. The van der Waals surface area contributed by atoms with Gasteiger partial charge in [0.2, 0.25) is 5.91 Å². The van der Waals surface area contributed by atoms with Crippen LogP contribution >= 0.6 is 11.8 Å². The third-order valence-electron chi connectivity index (χ3n) is 3.82. The van der Waals surface area contributed by atoms with Crippen LogP contribution in [0.5, 0.6) is 0 Å². The first-order valence-electron chi connectivity index (χ1n) is 7.66. The molecule has 1 aromatic heterocycles. The largest absolute Gasteiger partial charge is 0.325 e. The number of nitrogens with one attached hydrogen (secondary N) is 2. The highest BCUT2D eigenvalue weighted by Gasteiger charge is 2.17. The Labute approximate surface area is 139 Å². The van der Waals surface area contributed by atoms with Crippen molar-refractivity contribution >= 4 is 34.4 Å². The lowest BCUT2D eigenvalue weighted by molar-refractivity contribution is -0.683. The van der Waals surface area contributed by atoms with E-state index in [9.17, 15) is 4.79 Å². The van der Waals surface area contributed by atoms with Crippen LogP contribution in [0.25, 0.3) is 11.0 Å². The van der Waals surface area contributed by atoms with E-state index >= 15 is 0 Å². The summed E-state index contributed by atoms with van der Waals surface area (Å²) < 4.78 is 2.08. The summed E-state index contributed by atoms with van der Waals surface area (Å²) in [6.45, 7) is 2.09. The Morgan fingerprint density at radius 1 is 1.17 bits per heavy atom. The van der Waals surface area contributed by atoms with Crippen LogP contribution in [0.3, 0.4) is 0 Å². The predicted molar refractivity (Wildman–Crippen MR) is 94.6 cm³/mol. The number of aromatic nitrogens is 2. The molecule has 4 nitrogen and oxygen atoms in total. The number of nitrogens with zero attached hydrogens (tertiary/aromatic N) is 1. The van der Waals surface area contributed by atoms with Crippen LogP contribution in [-0.4, -0.2) is 16.6 Å². The number of fused-ring (bicyclic) bond motifs is 1. The number of imidazole rings is 1. The molecule has 0 atom stereocenters. The molecule has 23 heavy (non-hydrogen) atoms. The Morgan fingerprint density at radius 2 is 1.91 bits per heavy atom. The Kier molecular flexibility index (Phi) is 4.67. The number of rotatable bonds is 5. The van der Waals surface area contributed by atoms with Gasteiger partial charge in [-0.1, -0.05) is 37.3 Å². The summed E-state index contributed by atoms with van der Waals surface area (Å²) in [6, 6.07) is 16.0. The van der Waals surface area contributed by atoms with Gasteiger partial charge in [0, 0.05) is 5.69 Å². The van der Waals surface area contributed by atoms with E-state index in [-0.39, 0.29) is 5.91 Å². The van der Waals surface area contributed by atoms with Crippen molar-refractivity contribution in [3.63, 3.8) is 0 Å².